The van der Waals surface area contributed by atoms with E-state index in [1.165, 1.54) is 0 Å². The molecule has 0 aliphatic rings. The van der Waals surface area contributed by atoms with Gasteiger partial charge >= 0.3 is 0 Å². The van der Waals surface area contributed by atoms with Gasteiger partial charge in [-0.25, -0.2) is 4.98 Å². The molecule has 0 amide bonds. The predicted molar refractivity (Wildman–Crippen MR) is 60.9 cm³/mol. The van der Waals surface area contributed by atoms with Gasteiger partial charge in [0.25, 0.3) is 0 Å². The van der Waals surface area contributed by atoms with Gasteiger partial charge in [0.2, 0.25) is 0 Å². The third-order valence-electron chi connectivity index (χ3n) is 2.29. The molecule has 0 saturated heterocycles. The normalized spacial score (nSPS) is 12.4. The van der Waals surface area contributed by atoms with Crippen molar-refractivity contribution in [3.05, 3.63) is 36.5 Å². The van der Waals surface area contributed by atoms with Crippen LogP contribution in [0.2, 0.25) is 0 Å². The molecule has 0 spiro atoms. The number of aromatic nitrogens is 1. The summed E-state index contributed by atoms with van der Waals surface area (Å²) in [6.07, 6.45) is 5.18. The molecule has 1 unspecified atom stereocenters. The highest BCUT2D eigenvalue weighted by Gasteiger charge is 2.01. The lowest BCUT2D eigenvalue weighted by atomic mass is 10.0. The number of allylic oxidation sites excluding steroid dienone is 1. The third kappa shape index (κ3) is 3.60. The van der Waals surface area contributed by atoms with Gasteiger partial charge in [0, 0.05) is 5.69 Å². The van der Waals surface area contributed by atoms with Crippen molar-refractivity contribution in [3.63, 3.8) is 0 Å². The number of nitrogens with two attached hydrogens (primary N) is 1. The lowest BCUT2D eigenvalue weighted by Gasteiger charge is -2.07. The number of nitrogens with zero attached hydrogens (tertiary/aromatic N) is 1. The highest BCUT2D eigenvalue weighted by atomic mass is 14.8. The van der Waals surface area contributed by atoms with Crippen LogP contribution in [0.4, 0.5) is 5.82 Å². The molecule has 2 N–H and O–H groups in total. The first-order chi connectivity index (χ1) is 6.72. The maximum Gasteiger partial charge on any atom is 0.123 e. The fourth-order valence-electron chi connectivity index (χ4n) is 1.43. The summed E-state index contributed by atoms with van der Waals surface area (Å²) in [7, 11) is 0. The zero-order valence-corrected chi connectivity index (χ0v) is 8.74. The van der Waals surface area contributed by atoms with Crippen molar-refractivity contribution >= 4 is 5.82 Å². The number of rotatable bonds is 5. The summed E-state index contributed by atoms with van der Waals surface area (Å²) in [6.45, 7) is 5.96. The van der Waals surface area contributed by atoms with Crippen molar-refractivity contribution in [2.24, 2.45) is 5.92 Å². The third-order valence-corrected chi connectivity index (χ3v) is 2.29. The Morgan fingerprint density at radius 1 is 1.57 bits per heavy atom. The molecule has 76 valence electrons. The van der Waals surface area contributed by atoms with E-state index in [-0.39, 0.29) is 0 Å². The van der Waals surface area contributed by atoms with Crippen molar-refractivity contribution in [1.29, 1.82) is 0 Å². The summed E-state index contributed by atoms with van der Waals surface area (Å²) in [5.41, 5.74) is 6.68. The van der Waals surface area contributed by atoms with E-state index in [0.717, 1.165) is 25.0 Å². The summed E-state index contributed by atoms with van der Waals surface area (Å²) in [5, 5.41) is 0. The molecule has 0 fully saturated rings. The molecular formula is C12H18N2. The molecule has 0 aliphatic carbocycles. The smallest absolute Gasteiger partial charge is 0.123 e. The van der Waals surface area contributed by atoms with Crippen molar-refractivity contribution < 1.29 is 0 Å². The van der Waals surface area contributed by atoms with Gasteiger partial charge in [-0.3, -0.25) is 0 Å². The van der Waals surface area contributed by atoms with E-state index in [1.54, 1.807) is 0 Å². The molecule has 0 saturated carbocycles. The topological polar surface area (TPSA) is 38.9 Å². The second-order valence-corrected chi connectivity index (χ2v) is 3.72. The average molecular weight is 190 g/mol. The minimum Gasteiger partial charge on any atom is -0.384 e. The zero-order valence-electron chi connectivity index (χ0n) is 8.74. The quantitative estimate of drug-likeness (QED) is 0.725. The summed E-state index contributed by atoms with van der Waals surface area (Å²) < 4.78 is 0. The molecule has 1 aromatic rings. The van der Waals surface area contributed by atoms with Crippen LogP contribution < -0.4 is 5.73 Å². The van der Waals surface area contributed by atoms with Gasteiger partial charge in [-0.1, -0.05) is 19.1 Å². The minimum absolute atomic E-state index is 0.610. The summed E-state index contributed by atoms with van der Waals surface area (Å²) in [4.78, 5) is 4.26. The van der Waals surface area contributed by atoms with Gasteiger partial charge in [0.15, 0.2) is 0 Å². The second kappa shape index (κ2) is 5.43. The molecule has 0 aliphatic heterocycles. The van der Waals surface area contributed by atoms with Crippen LogP contribution >= 0.6 is 0 Å². The fourth-order valence-corrected chi connectivity index (χ4v) is 1.43. The predicted octanol–water partition coefficient (Wildman–Crippen LogP) is 2.81. The van der Waals surface area contributed by atoms with E-state index in [2.05, 4.69) is 18.5 Å². The number of hydrogen-bond donors (Lipinski definition) is 1. The van der Waals surface area contributed by atoms with E-state index in [1.807, 2.05) is 24.3 Å². The molecule has 1 rings (SSSR count). The second-order valence-electron chi connectivity index (χ2n) is 3.72. The van der Waals surface area contributed by atoms with E-state index in [0.29, 0.717) is 11.7 Å². The standard InChI is InChI=1S/C12H18N2/c1-3-5-10(2)8-9-11-6-4-7-12(13)14-11/h3-4,6-7,10H,1,5,8-9H2,2H3,(H2,13,14). The number of nitrogen functional groups attached to an aromatic ring is 1. The first kappa shape index (κ1) is 10.8. The fraction of sp³-hybridized carbons (Fsp3) is 0.417. The number of anilines is 1. The lowest BCUT2D eigenvalue weighted by Crippen LogP contribution is -1.99. The maximum absolute atomic E-state index is 5.60. The minimum atomic E-state index is 0.610. The monoisotopic (exact) mass is 190 g/mol. The van der Waals surface area contributed by atoms with E-state index >= 15 is 0 Å². The average Bonchev–Trinajstić information content (AvgIpc) is 2.15. The first-order valence-electron chi connectivity index (χ1n) is 5.04. The van der Waals surface area contributed by atoms with Crippen molar-refractivity contribution in [2.45, 2.75) is 26.2 Å². The summed E-state index contributed by atoms with van der Waals surface area (Å²) in [5.74, 6) is 1.29. The molecule has 0 bridgehead atoms. The lowest BCUT2D eigenvalue weighted by molar-refractivity contribution is 0.537. The Morgan fingerprint density at radius 3 is 3.00 bits per heavy atom. The number of hydrogen-bond acceptors (Lipinski definition) is 2. The highest BCUT2D eigenvalue weighted by Crippen LogP contribution is 2.12. The maximum atomic E-state index is 5.60. The zero-order chi connectivity index (χ0) is 10.4. The first-order valence-corrected chi connectivity index (χ1v) is 5.04. The van der Waals surface area contributed by atoms with E-state index < -0.39 is 0 Å². The molecule has 1 aromatic heterocycles. The molecule has 2 heteroatoms. The molecular weight excluding hydrogens is 172 g/mol. The van der Waals surface area contributed by atoms with Crippen molar-refractivity contribution in [2.75, 3.05) is 5.73 Å². The summed E-state index contributed by atoms with van der Waals surface area (Å²) >= 11 is 0. The Morgan fingerprint density at radius 2 is 2.36 bits per heavy atom. The van der Waals surface area contributed by atoms with Crippen molar-refractivity contribution in [1.82, 2.24) is 4.98 Å². The Balaban J connectivity index is 2.41. The van der Waals surface area contributed by atoms with E-state index in [4.69, 9.17) is 5.73 Å². The SMILES string of the molecule is C=CCC(C)CCc1cccc(N)n1. The molecule has 2 nitrogen and oxygen atoms in total. The van der Waals surface area contributed by atoms with Gasteiger partial charge < -0.3 is 5.73 Å². The van der Waals surface area contributed by atoms with Crippen LogP contribution in [-0.2, 0) is 6.42 Å². The molecule has 1 heterocycles. The highest BCUT2D eigenvalue weighted by molar-refractivity contribution is 5.28. The largest absolute Gasteiger partial charge is 0.384 e. The summed E-state index contributed by atoms with van der Waals surface area (Å²) in [6, 6.07) is 5.80. The van der Waals surface area contributed by atoms with Crippen LogP contribution in [-0.4, -0.2) is 4.98 Å². The molecule has 0 aromatic carbocycles. The van der Waals surface area contributed by atoms with Gasteiger partial charge in [0.1, 0.15) is 5.82 Å². The van der Waals surface area contributed by atoms with Crippen LogP contribution in [0, 0.1) is 5.92 Å². The van der Waals surface area contributed by atoms with Gasteiger partial charge in [-0.15, -0.1) is 6.58 Å². The number of aryl methyl sites for hydroxylation is 1. The van der Waals surface area contributed by atoms with Crippen LogP contribution in [0.25, 0.3) is 0 Å². The molecule has 0 radical (unpaired) electrons. The molecule has 1 atom stereocenters. The van der Waals surface area contributed by atoms with Crippen LogP contribution in [0.5, 0.6) is 0 Å². The Hall–Kier alpha value is -1.31. The number of pyridine rings is 1. The Bertz CT molecular complexity index is 294. The van der Waals surface area contributed by atoms with Gasteiger partial charge in [-0.05, 0) is 37.3 Å². The van der Waals surface area contributed by atoms with Gasteiger partial charge in [0.05, 0.1) is 0 Å². The Kier molecular flexibility index (Phi) is 4.17. The van der Waals surface area contributed by atoms with Gasteiger partial charge in [-0.2, -0.15) is 0 Å². The van der Waals surface area contributed by atoms with Crippen LogP contribution in [0.3, 0.4) is 0 Å². The van der Waals surface area contributed by atoms with Crippen LogP contribution in [0.15, 0.2) is 30.9 Å². The van der Waals surface area contributed by atoms with E-state index in [9.17, 15) is 0 Å². The van der Waals surface area contributed by atoms with Crippen LogP contribution in [0.1, 0.15) is 25.5 Å². The molecule has 14 heavy (non-hydrogen) atoms. The van der Waals surface area contributed by atoms with Crippen molar-refractivity contribution in [3.8, 4) is 0 Å². The Labute approximate surface area is 85.9 Å².